The Hall–Kier alpha value is -1.55. The Labute approximate surface area is 119 Å². The molecule has 3 atom stereocenters. The molecular formula is C16H22N2O2. The maximum atomic E-state index is 12.2. The number of hydrogen-bond acceptors (Lipinski definition) is 3. The van der Waals surface area contributed by atoms with Crippen molar-refractivity contribution >= 4 is 5.91 Å². The highest BCUT2D eigenvalue weighted by molar-refractivity contribution is 5.82. The van der Waals surface area contributed by atoms with E-state index < -0.39 is 0 Å². The molecule has 3 rings (SSSR count). The average Bonchev–Trinajstić information content (AvgIpc) is 2.90. The summed E-state index contributed by atoms with van der Waals surface area (Å²) in [6.07, 6.45) is 2.69. The van der Waals surface area contributed by atoms with Crippen molar-refractivity contribution in [1.82, 2.24) is 10.6 Å². The Balaban J connectivity index is 1.47. The van der Waals surface area contributed by atoms with Crippen LogP contribution < -0.4 is 15.4 Å². The van der Waals surface area contributed by atoms with Crippen LogP contribution in [0.1, 0.15) is 25.3 Å². The molecule has 1 amide bonds. The third-order valence-corrected chi connectivity index (χ3v) is 4.27. The van der Waals surface area contributed by atoms with Gasteiger partial charge >= 0.3 is 0 Å². The number of rotatable bonds is 3. The summed E-state index contributed by atoms with van der Waals surface area (Å²) in [7, 11) is 0. The topological polar surface area (TPSA) is 50.4 Å². The molecule has 0 bridgehead atoms. The highest BCUT2D eigenvalue weighted by atomic mass is 16.5. The fourth-order valence-corrected chi connectivity index (χ4v) is 2.92. The van der Waals surface area contributed by atoms with Crippen molar-refractivity contribution in [2.75, 3.05) is 13.1 Å². The molecule has 2 aliphatic heterocycles. The number of fused-ring (bicyclic) bond motifs is 1. The maximum absolute atomic E-state index is 12.2. The number of para-hydroxylation sites is 1. The van der Waals surface area contributed by atoms with Gasteiger partial charge < -0.3 is 15.4 Å². The lowest BCUT2D eigenvalue weighted by Crippen LogP contribution is -2.45. The molecule has 0 spiro atoms. The fraction of sp³-hybridized carbons (Fsp3) is 0.562. The summed E-state index contributed by atoms with van der Waals surface area (Å²) in [6.45, 7) is 3.94. The summed E-state index contributed by atoms with van der Waals surface area (Å²) in [5.74, 6) is 1.40. The van der Waals surface area contributed by atoms with Crippen molar-refractivity contribution in [1.29, 1.82) is 0 Å². The summed E-state index contributed by atoms with van der Waals surface area (Å²) >= 11 is 0. The van der Waals surface area contributed by atoms with E-state index in [1.165, 1.54) is 12.8 Å². The Morgan fingerprint density at radius 3 is 3.00 bits per heavy atom. The lowest BCUT2D eigenvalue weighted by atomic mass is 9.95. The van der Waals surface area contributed by atoms with Crippen molar-refractivity contribution in [2.24, 2.45) is 5.92 Å². The van der Waals surface area contributed by atoms with E-state index >= 15 is 0 Å². The van der Waals surface area contributed by atoms with Gasteiger partial charge in [0.25, 0.3) is 5.91 Å². The van der Waals surface area contributed by atoms with Crippen LogP contribution in [0.15, 0.2) is 24.3 Å². The van der Waals surface area contributed by atoms with E-state index in [4.69, 9.17) is 4.74 Å². The van der Waals surface area contributed by atoms with Crippen LogP contribution in [0.5, 0.6) is 5.75 Å². The predicted octanol–water partition coefficient (Wildman–Crippen LogP) is 1.49. The largest absolute Gasteiger partial charge is 0.480 e. The molecule has 1 saturated heterocycles. The van der Waals surface area contributed by atoms with Crippen molar-refractivity contribution in [3.8, 4) is 5.75 Å². The number of carbonyl (C=O) groups excluding carboxylic acids is 1. The minimum atomic E-state index is -0.358. The van der Waals surface area contributed by atoms with Crippen LogP contribution in [-0.4, -0.2) is 31.1 Å². The second-order valence-electron chi connectivity index (χ2n) is 5.92. The van der Waals surface area contributed by atoms with Crippen molar-refractivity contribution in [2.45, 2.75) is 38.3 Å². The summed E-state index contributed by atoms with van der Waals surface area (Å²) in [4.78, 5) is 12.2. The van der Waals surface area contributed by atoms with Crippen molar-refractivity contribution in [3.63, 3.8) is 0 Å². The Kier molecular flexibility index (Phi) is 3.92. The molecule has 1 fully saturated rings. The van der Waals surface area contributed by atoms with Crippen molar-refractivity contribution < 1.29 is 9.53 Å². The quantitative estimate of drug-likeness (QED) is 0.878. The van der Waals surface area contributed by atoms with Crippen LogP contribution in [0.2, 0.25) is 0 Å². The Bertz CT molecular complexity index is 456. The summed E-state index contributed by atoms with van der Waals surface area (Å²) in [5, 5.41) is 6.50. The third-order valence-electron chi connectivity index (χ3n) is 4.27. The smallest absolute Gasteiger partial charge is 0.261 e. The maximum Gasteiger partial charge on any atom is 0.261 e. The highest BCUT2D eigenvalue weighted by Crippen LogP contribution is 2.28. The number of ether oxygens (including phenoxy) is 1. The molecule has 1 aromatic carbocycles. The monoisotopic (exact) mass is 274 g/mol. The second-order valence-corrected chi connectivity index (χ2v) is 5.92. The second kappa shape index (κ2) is 5.83. The average molecular weight is 274 g/mol. The number of hydrogen-bond donors (Lipinski definition) is 2. The van der Waals surface area contributed by atoms with E-state index in [0.29, 0.717) is 18.4 Å². The zero-order chi connectivity index (χ0) is 13.9. The zero-order valence-corrected chi connectivity index (χ0v) is 11.9. The molecular weight excluding hydrogens is 252 g/mol. The van der Waals surface area contributed by atoms with E-state index in [0.717, 1.165) is 24.4 Å². The zero-order valence-electron chi connectivity index (χ0n) is 11.9. The molecule has 20 heavy (non-hydrogen) atoms. The van der Waals surface area contributed by atoms with E-state index in [1.807, 2.05) is 24.3 Å². The Morgan fingerprint density at radius 1 is 1.40 bits per heavy atom. The number of benzene rings is 1. The lowest BCUT2D eigenvalue weighted by molar-refractivity contribution is -0.127. The normalized spacial score (nSPS) is 28.6. The van der Waals surface area contributed by atoms with Gasteiger partial charge in [0.1, 0.15) is 5.75 Å². The van der Waals surface area contributed by atoms with Gasteiger partial charge in [0, 0.05) is 19.0 Å². The standard InChI is InChI=1S/C16H22N2O2/c1-11-6-7-12(9-17-11)10-18-16(19)15-8-13-4-2-3-5-14(13)20-15/h2-5,11-12,15,17H,6-10H2,1H3,(H,18,19). The molecule has 2 heterocycles. The summed E-state index contributed by atoms with van der Waals surface area (Å²) in [6, 6.07) is 8.48. The van der Waals surface area contributed by atoms with Gasteiger partial charge in [-0.1, -0.05) is 18.2 Å². The number of nitrogens with one attached hydrogen (secondary N) is 2. The van der Waals surface area contributed by atoms with Crippen LogP contribution in [0.3, 0.4) is 0 Å². The van der Waals surface area contributed by atoms with E-state index in [9.17, 15) is 4.79 Å². The molecule has 3 unspecified atom stereocenters. The van der Waals surface area contributed by atoms with Crippen LogP contribution in [0.4, 0.5) is 0 Å². The fourth-order valence-electron chi connectivity index (χ4n) is 2.92. The first kappa shape index (κ1) is 13.4. The first-order valence-electron chi connectivity index (χ1n) is 7.48. The molecule has 0 aliphatic carbocycles. The molecule has 0 aromatic heterocycles. The van der Waals surface area contributed by atoms with E-state index in [-0.39, 0.29) is 12.0 Å². The van der Waals surface area contributed by atoms with Crippen molar-refractivity contribution in [3.05, 3.63) is 29.8 Å². The first-order valence-corrected chi connectivity index (χ1v) is 7.48. The van der Waals surface area contributed by atoms with Crippen LogP contribution in [0.25, 0.3) is 0 Å². The minimum Gasteiger partial charge on any atom is -0.480 e. The molecule has 1 aromatic rings. The minimum absolute atomic E-state index is 0.0137. The molecule has 2 aliphatic rings. The van der Waals surface area contributed by atoms with Gasteiger partial charge in [-0.15, -0.1) is 0 Å². The number of amides is 1. The van der Waals surface area contributed by atoms with Gasteiger partial charge in [-0.2, -0.15) is 0 Å². The van der Waals surface area contributed by atoms with Gasteiger partial charge in [-0.25, -0.2) is 0 Å². The van der Waals surface area contributed by atoms with Gasteiger partial charge in [-0.05, 0) is 43.9 Å². The number of carbonyl (C=O) groups is 1. The molecule has 4 nitrogen and oxygen atoms in total. The van der Waals surface area contributed by atoms with Crippen LogP contribution in [0, 0.1) is 5.92 Å². The number of piperidine rings is 1. The molecule has 0 saturated carbocycles. The third kappa shape index (κ3) is 2.96. The SMILES string of the molecule is CC1CCC(CNC(=O)C2Cc3ccccc3O2)CN1. The van der Waals surface area contributed by atoms with Crippen LogP contribution in [-0.2, 0) is 11.2 Å². The molecule has 2 N–H and O–H groups in total. The van der Waals surface area contributed by atoms with Gasteiger partial charge in [0.15, 0.2) is 6.10 Å². The van der Waals surface area contributed by atoms with Crippen LogP contribution >= 0.6 is 0 Å². The highest BCUT2D eigenvalue weighted by Gasteiger charge is 2.29. The Morgan fingerprint density at radius 2 is 2.25 bits per heavy atom. The lowest BCUT2D eigenvalue weighted by Gasteiger charge is -2.28. The van der Waals surface area contributed by atoms with E-state index in [1.54, 1.807) is 0 Å². The summed E-state index contributed by atoms with van der Waals surface area (Å²) in [5.41, 5.74) is 1.13. The summed E-state index contributed by atoms with van der Waals surface area (Å²) < 4.78 is 5.70. The van der Waals surface area contributed by atoms with Gasteiger partial charge in [-0.3, -0.25) is 4.79 Å². The van der Waals surface area contributed by atoms with E-state index in [2.05, 4.69) is 17.6 Å². The van der Waals surface area contributed by atoms with Gasteiger partial charge in [0.05, 0.1) is 0 Å². The van der Waals surface area contributed by atoms with Gasteiger partial charge in [0.2, 0.25) is 0 Å². The molecule has 4 heteroatoms. The predicted molar refractivity (Wildman–Crippen MR) is 77.8 cm³/mol. The molecule has 108 valence electrons. The molecule has 0 radical (unpaired) electrons. The first-order chi connectivity index (χ1) is 9.72.